The Labute approximate surface area is 291 Å². The Morgan fingerprint density at radius 2 is 1.04 bits per heavy atom. The van der Waals surface area contributed by atoms with Crippen LogP contribution >= 0.6 is 0 Å². The van der Waals surface area contributed by atoms with Gasteiger partial charge in [0.2, 0.25) is 0 Å². The number of imidazole rings is 1. The van der Waals surface area contributed by atoms with E-state index in [2.05, 4.69) is 53.1 Å². The zero-order chi connectivity index (χ0) is 33.9. The molecule has 6 heteroatoms. The summed E-state index contributed by atoms with van der Waals surface area (Å²) in [5.74, 6) is -0.170. The lowest BCUT2D eigenvalue weighted by atomic mass is 10.0. The summed E-state index contributed by atoms with van der Waals surface area (Å²) < 4.78 is 8.25. The number of nitrogens with zero attached hydrogens (tertiary/aromatic N) is 4. The van der Waals surface area contributed by atoms with E-state index in [9.17, 15) is 5.11 Å². The summed E-state index contributed by atoms with van der Waals surface area (Å²) in [6.07, 6.45) is 0. The van der Waals surface area contributed by atoms with Crippen LogP contribution in [0.4, 0.5) is 0 Å². The summed E-state index contributed by atoms with van der Waals surface area (Å²) in [4.78, 5) is 16.9. The van der Waals surface area contributed by atoms with Crippen LogP contribution in [0.25, 0.3) is 33.9 Å². The maximum absolute atomic E-state index is 10.7. The number of benzene rings is 6. The first-order chi connectivity index (χ1) is 24.7. The Morgan fingerprint density at radius 1 is 0.560 bits per heavy atom. The van der Waals surface area contributed by atoms with Crippen molar-refractivity contribution in [2.75, 3.05) is 7.11 Å². The molecule has 0 saturated carbocycles. The van der Waals surface area contributed by atoms with Crippen molar-refractivity contribution in [1.82, 2.24) is 9.55 Å². The summed E-state index contributed by atoms with van der Waals surface area (Å²) in [6.45, 7) is -0.164. The van der Waals surface area contributed by atoms with Gasteiger partial charge in [-0.15, -0.1) is 0 Å². The average molecular weight is 651 g/mol. The third kappa shape index (κ3) is 5.32. The first kappa shape index (κ1) is 30.9. The zero-order valence-electron chi connectivity index (χ0n) is 27.5. The molecule has 0 bridgehead atoms. The van der Waals surface area contributed by atoms with E-state index in [1.54, 1.807) is 7.11 Å². The van der Waals surface area contributed by atoms with Crippen LogP contribution in [0.1, 0.15) is 22.3 Å². The van der Waals surface area contributed by atoms with Gasteiger partial charge < -0.3 is 9.84 Å². The number of ether oxygens (including phenoxy) is 1. The zero-order valence-corrected chi connectivity index (χ0v) is 27.5. The lowest BCUT2D eigenvalue weighted by Gasteiger charge is -2.31. The van der Waals surface area contributed by atoms with Gasteiger partial charge in [-0.2, -0.15) is 0 Å². The molecule has 0 unspecified atom stereocenters. The van der Waals surface area contributed by atoms with E-state index >= 15 is 0 Å². The fourth-order valence-corrected chi connectivity index (χ4v) is 6.74. The van der Waals surface area contributed by atoms with Gasteiger partial charge >= 0.3 is 0 Å². The van der Waals surface area contributed by atoms with Crippen LogP contribution < -0.4 is 4.74 Å². The Bertz CT molecular complexity index is 2280. The van der Waals surface area contributed by atoms with Gasteiger partial charge in [0.25, 0.3) is 5.79 Å². The van der Waals surface area contributed by atoms with E-state index in [0.717, 1.165) is 61.8 Å². The minimum Gasteiger partial charge on any atom is -0.496 e. The first-order valence-electron chi connectivity index (χ1n) is 16.6. The largest absolute Gasteiger partial charge is 0.496 e. The highest BCUT2D eigenvalue weighted by Crippen LogP contribution is 2.48. The van der Waals surface area contributed by atoms with Crippen molar-refractivity contribution in [3.8, 4) is 39.7 Å². The van der Waals surface area contributed by atoms with Crippen molar-refractivity contribution in [3.05, 3.63) is 192 Å². The number of hydrogen-bond donors (Lipinski definition) is 1. The Morgan fingerprint density at radius 3 is 1.60 bits per heavy atom. The van der Waals surface area contributed by atoms with Gasteiger partial charge in [-0.1, -0.05) is 158 Å². The molecule has 0 aliphatic carbocycles. The highest BCUT2D eigenvalue weighted by Gasteiger charge is 2.46. The lowest BCUT2D eigenvalue weighted by molar-refractivity contribution is 0.282. The molecule has 0 amide bonds. The van der Waals surface area contributed by atoms with Crippen molar-refractivity contribution in [1.29, 1.82) is 0 Å². The fraction of sp³-hybridized carbons (Fsp3) is 0.0682. The van der Waals surface area contributed by atoms with Crippen LogP contribution in [0.15, 0.2) is 180 Å². The standard InChI is InChI=1S/C44H34N4O2/c1-50-38-29-17-16-28-37(38)44(46-39(31-18-6-2-7-19-31)40(47-44)32-20-8-3-9-21-32)48-42(34-24-12-5-13-25-34)41(33-22-10-4-11-23-33)45-43(48)36-27-15-14-26-35(36)30-49/h2-29,49H,30H2,1H3. The van der Waals surface area contributed by atoms with E-state index in [4.69, 9.17) is 19.7 Å². The van der Waals surface area contributed by atoms with Crippen molar-refractivity contribution in [2.24, 2.45) is 9.98 Å². The van der Waals surface area contributed by atoms with Gasteiger partial charge in [-0.05, 0) is 17.7 Å². The number of hydrogen-bond acceptors (Lipinski definition) is 5. The summed E-state index contributed by atoms with van der Waals surface area (Å²) in [6, 6.07) is 56.6. The summed E-state index contributed by atoms with van der Waals surface area (Å²) in [5.41, 5.74) is 9.14. The van der Waals surface area contributed by atoms with E-state index in [1.165, 1.54) is 0 Å². The molecule has 0 spiro atoms. The monoisotopic (exact) mass is 650 g/mol. The molecule has 1 aromatic heterocycles. The van der Waals surface area contributed by atoms with E-state index in [-0.39, 0.29) is 6.61 Å². The van der Waals surface area contributed by atoms with E-state index in [1.807, 2.05) is 121 Å². The summed E-state index contributed by atoms with van der Waals surface area (Å²) >= 11 is 0. The molecular weight excluding hydrogens is 617 g/mol. The number of aliphatic hydroxyl groups excluding tert-OH is 1. The second kappa shape index (κ2) is 13.3. The summed E-state index contributed by atoms with van der Waals surface area (Å²) in [7, 11) is 1.68. The number of methoxy groups -OCH3 is 1. The second-order valence-corrected chi connectivity index (χ2v) is 12.0. The minimum atomic E-state index is -1.42. The van der Waals surface area contributed by atoms with Gasteiger partial charge in [0.1, 0.15) is 11.6 Å². The molecular formula is C44H34N4O2. The lowest BCUT2D eigenvalue weighted by Crippen LogP contribution is -2.32. The molecule has 2 heterocycles. The average Bonchev–Trinajstić information content (AvgIpc) is 3.80. The molecule has 0 fully saturated rings. The number of aliphatic hydroxyl groups is 1. The van der Waals surface area contributed by atoms with Gasteiger partial charge in [0.05, 0.1) is 42.1 Å². The van der Waals surface area contributed by atoms with Crippen LogP contribution in [-0.4, -0.2) is 33.2 Å². The van der Waals surface area contributed by atoms with E-state index < -0.39 is 5.79 Å². The molecule has 0 saturated heterocycles. The Hall–Kier alpha value is -6.37. The van der Waals surface area contributed by atoms with E-state index in [0.29, 0.717) is 11.6 Å². The third-order valence-corrected chi connectivity index (χ3v) is 9.03. The molecule has 1 aliphatic rings. The fourth-order valence-electron chi connectivity index (χ4n) is 6.74. The van der Waals surface area contributed by atoms with Gasteiger partial charge in [0.15, 0.2) is 0 Å². The quantitative estimate of drug-likeness (QED) is 0.170. The van der Waals surface area contributed by atoms with Crippen molar-refractivity contribution >= 4 is 11.4 Å². The molecule has 0 atom stereocenters. The topological polar surface area (TPSA) is 72.0 Å². The van der Waals surface area contributed by atoms with Gasteiger partial charge in [-0.25, -0.2) is 15.0 Å². The van der Waals surface area contributed by atoms with Crippen molar-refractivity contribution in [3.63, 3.8) is 0 Å². The molecule has 242 valence electrons. The SMILES string of the molecule is COc1ccccc1C1(n2c(-c3ccccc3CO)nc(-c3ccccc3)c2-c2ccccc2)N=C(c2ccccc2)C(c2ccccc2)=N1. The van der Waals surface area contributed by atoms with Gasteiger partial charge in [-0.3, -0.25) is 4.57 Å². The summed E-state index contributed by atoms with van der Waals surface area (Å²) in [5, 5.41) is 10.7. The van der Waals surface area contributed by atoms with Crippen LogP contribution in [0, 0.1) is 0 Å². The molecule has 8 rings (SSSR count). The number of para-hydroxylation sites is 1. The normalized spacial score (nSPS) is 13.5. The molecule has 6 aromatic carbocycles. The predicted molar refractivity (Wildman–Crippen MR) is 200 cm³/mol. The van der Waals surface area contributed by atoms with Gasteiger partial charge in [0, 0.05) is 27.8 Å². The number of aliphatic imine (C=N–C) groups is 2. The Kier molecular flexibility index (Phi) is 8.21. The van der Waals surface area contributed by atoms with Crippen molar-refractivity contribution in [2.45, 2.75) is 12.4 Å². The first-order valence-corrected chi connectivity index (χ1v) is 16.6. The third-order valence-electron chi connectivity index (χ3n) is 9.03. The molecule has 1 aliphatic heterocycles. The number of rotatable bonds is 9. The molecule has 1 N–H and O–H groups in total. The number of aromatic nitrogens is 2. The smallest absolute Gasteiger partial charge is 0.265 e. The maximum Gasteiger partial charge on any atom is 0.265 e. The maximum atomic E-state index is 10.7. The van der Waals surface area contributed by atoms with Crippen LogP contribution in [0.2, 0.25) is 0 Å². The molecule has 0 radical (unpaired) electrons. The van der Waals surface area contributed by atoms with Crippen LogP contribution in [-0.2, 0) is 12.4 Å². The van der Waals surface area contributed by atoms with Crippen LogP contribution in [0.3, 0.4) is 0 Å². The second-order valence-electron chi connectivity index (χ2n) is 12.0. The molecule has 6 nitrogen and oxygen atoms in total. The highest BCUT2D eigenvalue weighted by atomic mass is 16.5. The van der Waals surface area contributed by atoms with Crippen LogP contribution in [0.5, 0.6) is 5.75 Å². The predicted octanol–water partition coefficient (Wildman–Crippen LogP) is 9.04. The molecule has 50 heavy (non-hydrogen) atoms. The molecule has 7 aromatic rings. The highest BCUT2D eigenvalue weighted by molar-refractivity contribution is 6.54. The Balaban J connectivity index is 1.60. The minimum absolute atomic E-state index is 0.164. The van der Waals surface area contributed by atoms with Crippen molar-refractivity contribution < 1.29 is 9.84 Å².